The Morgan fingerprint density at radius 3 is 2.55 bits per heavy atom. The number of hydrogen-bond acceptors (Lipinski definition) is 6. The minimum Gasteiger partial charge on any atom is -0.489 e. The zero-order valence-electron chi connectivity index (χ0n) is 22.4. The highest BCUT2D eigenvalue weighted by atomic mass is 16.5. The molecule has 0 bridgehead atoms. The topological polar surface area (TPSA) is 96.8 Å². The van der Waals surface area contributed by atoms with Crippen LogP contribution in [0.4, 0.5) is 0 Å². The predicted octanol–water partition coefficient (Wildman–Crippen LogP) is 3.42. The average Bonchev–Trinajstić information content (AvgIpc) is 3.58. The van der Waals surface area contributed by atoms with Gasteiger partial charge in [0.05, 0.1) is 5.69 Å². The van der Waals surface area contributed by atoms with Gasteiger partial charge in [-0.1, -0.05) is 18.6 Å². The lowest BCUT2D eigenvalue weighted by Gasteiger charge is -2.48. The molecule has 3 atom stereocenters. The summed E-state index contributed by atoms with van der Waals surface area (Å²) in [6, 6.07) is 16.1. The van der Waals surface area contributed by atoms with Gasteiger partial charge in [-0.3, -0.25) is 24.6 Å². The molecule has 4 heterocycles. The number of ether oxygens (including phenoxy) is 1. The van der Waals surface area contributed by atoms with Crippen LogP contribution in [0, 0.1) is 0 Å². The molecule has 3 aromatic rings. The summed E-state index contributed by atoms with van der Waals surface area (Å²) >= 11 is 0. The van der Waals surface area contributed by atoms with E-state index in [9.17, 15) is 14.4 Å². The van der Waals surface area contributed by atoms with Crippen molar-refractivity contribution < 1.29 is 19.1 Å². The van der Waals surface area contributed by atoms with Crippen molar-refractivity contribution in [2.45, 2.75) is 69.2 Å². The summed E-state index contributed by atoms with van der Waals surface area (Å²) in [5.41, 5.74) is 3.93. The number of fused-ring (bicyclic) bond motifs is 1. The largest absolute Gasteiger partial charge is 0.489 e. The molecule has 3 amide bonds. The SMILES string of the molecule is O=C1CCC(N2Cc3cc(O[C@@H]4CCCC[C@@H]4N4CC(c5ccc(-n6cccn6)cc5)C4)ccc3C2=O)C(=O)N1. The molecule has 3 aliphatic heterocycles. The van der Waals surface area contributed by atoms with Crippen molar-refractivity contribution in [1.29, 1.82) is 0 Å². The maximum atomic E-state index is 13.0. The molecule has 7 rings (SSSR count). The highest BCUT2D eigenvalue weighted by Crippen LogP contribution is 2.37. The Bertz CT molecular complexity index is 1430. The molecule has 3 fully saturated rings. The fraction of sp³-hybridized carbons (Fsp3) is 0.419. The molecule has 0 spiro atoms. The molecule has 1 saturated carbocycles. The number of amides is 3. The maximum Gasteiger partial charge on any atom is 0.255 e. The number of imide groups is 1. The van der Waals surface area contributed by atoms with E-state index < -0.39 is 6.04 Å². The number of benzene rings is 2. The molecule has 0 radical (unpaired) electrons. The van der Waals surface area contributed by atoms with Crippen LogP contribution in [0.3, 0.4) is 0 Å². The van der Waals surface area contributed by atoms with Gasteiger partial charge >= 0.3 is 0 Å². The van der Waals surface area contributed by atoms with Gasteiger partial charge in [0.15, 0.2) is 0 Å². The lowest BCUT2D eigenvalue weighted by molar-refractivity contribution is -0.136. The van der Waals surface area contributed by atoms with E-state index in [1.165, 1.54) is 12.0 Å². The minimum atomic E-state index is -0.606. The van der Waals surface area contributed by atoms with Gasteiger partial charge in [0.2, 0.25) is 11.8 Å². The second kappa shape index (κ2) is 10.2. The standard InChI is InChI=1S/C31H33N5O4/c37-29-13-12-27(30(38)33-29)35-19-21-16-24(10-11-25(21)31(35)39)40-28-5-2-1-4-26(28)34-17-22(18-34)20-6-8-23(9-7-20)36-15-3-14-32-36/h3,6-11,14-16,22,26-28H,1-2,4-5,12-13,17-19H2,(H,33,37,38)/t26-,27?,28+/m0/s1. The second-order valence-corrected chi connectivity index (χ2v) is 11.4. The van der Waals surface area contributed by atoms with Crippen molar-refractivity contribution >= 4 is 17.7 Å². The van der Waals surface area contributed by atoms with Crippen LogP contribution in [0.1, 0.15) is 65.9 Å². The Morgan fingerprint density at radius 1 is 0.950 bits per heavy atom. The number of rotatable bonds is 6. The number of piperidine rings is 1. The molecular formula is C31H33N5O4. The van der Waals surface area contributed by atoms with Crippen molar-refractivity contribution in [3.05, 3.63) is 77.6 Å². The third-order valence-corrected chi connectivity index (χ3v) is 8.96. The number of nitrogens with zero attached hydrogens (tertiary/aromatic N) is 4. The Hall–Kier alpha value is -3.98. The highest BCUT2D eigenvalue weighted by molar-refractivity contribution is 6.05. The fourth-order valence-corrected chi connectivity index (χ4v) is 6.75. The van der Waals surface area contributed by atoms with Crippen LogP contribution in [-0.4, -0.2) is 68.6 Å². The third kappa shape index (κ3) is 4.58. The Balaban J connectivity index is 0.992. The molecule has 40 heavy (non-hydrogen) atoms. The first-order valence-corrected chi connectivity index (χ1v) is 14.3. The van der Waals surface area contributed by atoms with Gasteiger partial charge < -0.3 is 9.64 Å². The fourth-order valence-electron chi connectivity index (χ4n) is 6.75. The van der Waals surface area contributed by atoms with Gasteiger partial charge in [0.1, 0.15) is 17.9 Å². The van der Waals surface area contributed by atoms with E-state index in [-0.39, 0.29) is 30.2 Å². The molecule has 2 aromatic carbocycles. The van der Waals surface area contributed by atoms with Gasteiger partial charge in [-0.15, -0.1) is 0 Å². The van der Waals surface area contributed by atoms with Gasteiger partial charge in [0.25, 0.3) is 5.91 Å². The Labute approximate surface area is 233 Å². The van der Waals surface area contributed by atoms with Crippen molar-refractivity contribution in [2.24, 2.45) is 0 Å². The zero-order chi connectivity index (χ0) is 27.2. The predicted molar refractivity (Wildman–Crippen MR) is 147 cm³/mol. The molecule has 1 unspecified atom stereocenters. The number of hydrogen-bond donors (Lipinski definition) is 1. The number of aromatic nitrogens is 2. The third-order valence-electron chi connectivity index (χ3n) is 8.96. The Morgan fingerprint density at radius 2 is 1.77 bits per heavy atom. The van der Waals surface area contributed by atoms with Crippen LogP contribution in [-0.2, 0) is 16.1 Å². The van der Waals surface area contributed by atoms with Crippen molar-refractivity contribution in [3.63, 3.8) is 0 Å². The van der Waals surface area contributed by atoms with E-state index >= 15 is 0 Å². The molecule has 9 heteroatoms. The first-order chi connectivity index (χ1) is 19.5. The number of carbonyl (C=O) groups excluding carboxylic acids is 3. The zero-order valence-corrected chi connectivity index (χ0v) is 22.4. The van der Waals surface area contributed by atoms with Crippen molar-refractivity contribution in [1.82, 2.24) is 24.9 Å². The second-order valence-electron chi connectivity index (χ2n) is 11.4. The summed E-state index contributed by atoms with van der Waals surface area (Å²) in [5.74, 6) is 0.481. The molecule has 4 aliphatic rings. The summed E-state index contributed by atoms with van der Waals surface area (Å²) in [4.78, 5) is 41.1. The monoisotopic (exact) mass is 539 g/mol. The average molecular weight is 540 g/mol. The molecule has 206 valence electrons. The molecule has 1 N–H and O–H groups in total. The van der Waals surface area contributed by atoms with Crippen LogP contribution in [0.15, 0.2) is 60.9 Å². The van der Waals surface area contributed by atoms with Crippen LogP contribution >= 0.6 is 0 Å². The summed E-state index contributed by atoms with van der Waals surface area (Å²) in [7, 11) is 0. The van der Waals surface area contributed by atoms with Crippen LogP contribution < -0.4 is 10.1 Å². The van der Waals surface area contributed by atoms with E-state index in [0.29, 0.717) is 30.5 Å². The number of nitrogens with one attached hydrogen (secondary N) is 1. The summed E-state index contributed by atoms with van der Waals surface area (Å²) in [5, 5.41) is 6.68. The highest BCUT2D eigenvalue weighted by Gasteiger charge is 2.41. The van der Waals surface area contributed by atoms with E-state index in [1.54, 1.807) is 11.1 Å². The maximum absolute atomic E-state index is 13.0. The van der Waals surface area contributed by atoms with E-state index in [4.69, 9.17) is 4.74 Å². The summed E-state index contributed by atoms with van der Waals surface area (Å²) in [6.07, 6.45) is 8.98. The summed E-state index contributed by atoms with van der Waals surface area (Å²) < 4.78 is 8.47. The first kappa shape index (κ1) is 25.0. The van der Waals surface area contributed by atoms with Crippen molar-refractivity contribution in [2.75, 3.05) is 13.1 Å². The van der Waals surface area contributed by atoms with Crippen LogP contribution in [0.5, 0.6) is 5.75 Å². The van der Waals surface area contributed by atoms with Crippen molar-refractivity contribution in [3.8, 4) is 11.4 Å². The van der Waals surface area contributed by atoms with Crippen LogP contribution in [0.25, 0.3) is 5.69 Å². The molecule has 1 aromatic heterocycles. The van der Waals surface area contributed by atoms with E-state index in [2.05, 4.69) is 39.6 Å². The Kier molecular flexibility index (Phi) is 6.38. The van der Waals surface area contributed by atoms with Gasteiger partial charge in [-0.2, -0.15) is 5.10 Å². The van der Waals surface area contributed by atoms with E-state index in [1.807, 2.05) is 35.1 Å². The number of likely N-dealkylation sites (tertiary alicyclic amines) is 1. The van der Waals surface area contributed by atoms with Gasteiger partial charge in [-0.25, -0.2) is 4.68 Å². The van der Waals surface area contributed by atoms with Gasteiger partial charge in [0, 0.05) is 56.0 Å². The van der Waals surface area contributed by atoms with Gasteiger partial charge in [-0.05, 0) is 73.2 Å². The number of carbonyl (C=O) groups is 3. The smallest absolute Gasteiger partial charge is 0.255 e. The lowest BCUT2D eigenvalue weighted by atomic mass is 9.84. The normalized spacial score (nSPS) is 25.4. The molecule has 2 saturated heterocycles. The minimum absolute atomic E-state index is 0.110. The lowest BCUT2D eigenvalue weighted by Crippen LogP contribution is -2.57. The van der Waals surface area contributed by atoms with Crippen LogP contribution in [0.2, 0.25) is 0 Å². The van der Waals surface area contributed by atoms with E-state index in [0.717, 1.165) is 49.4 Å². The summed E-state index contributed by atoms with van der Waals surface area (Å²) in [6.45, 7) is 2.43. The molecular weight excluding hydrogens is 506 g/mol. The quantitative estimate of drug-likeness (QED) is 0.483. The first-order valence-electron chi connectivity index (χ1n) is 14.3. The molecule has 1 aliphatic carbocycles. The molecule has 9 nitrogen and oxygen atoms in total.